The van der Waals surface area contributed by atoms with Crippen molar-refractivity contribution in [3.8, 4) is 0 Å². The van der Waals surface area contributed by atoms with Gasteiger partial charge in [0.05, 0.1) is 6.04 Å². The minimum atomic E-state index is -0.101. The highest BCUT2D eigenvalue weighted by Crippen LogP contribution is 2.36. The number of nitrogens with one attached hydrogen (secondary N) is 1. The van der Waals surface area contributed by atoms with Crippen LogP contribution in [-0.4, -0.2) is 7.05 Å². The molecule has 0 amide bonds. The van der Waals surface area contributed by atoms with Gasteiger partial charge >= 0.3 is 0 Å². The van der Waals surface area contributed by atoms with Gasteiger partial charge in [0.1, 0.15) is 5.82 Å². The van der Waals surface area contributed by atoms with Crippen LogP contribution in [0.15, 0.2) is 29.6 Å². The minimum Gasteiger partial charge on any atom is -0.309 e. The van der Waals surface area contributed by atoms with Gasteiger partial charge in [0, 0.05) is 14.3 Å². The Balaban J connectivity index is 2.07. The molecule has 0 saturated heterocycles. The topological polar surface area (TPSA) is 12.0 Å². The Morgan fingerprint density at radius 2 is 1.80 bits per heavy atom. The number of thiophene rings is 2. The Labute approximate surface area is 126 Å². The van der Waals surface area contributed by atoms with Crippen LogP contribution in [0.2, 0.25) is 0 Å². The van der Waals surface area contributed by atoms with E-state index in [1.54, 1.807) is 22.7 Å². The third-order valence-corrected chi connectivity index (χ3v) is 5.68. The lowest BCUT2D eigenvalue weighted by atomic mass is 10.00. The first kappa shape index (κ1) is 13.7. The van der Waals surface area contributed by atoms with Crippen molar-refractivity contribution in [2.24, 2.45) is 0 Å². The first-order valence-corrected chi connectivity index (χ1v) is 8.20. The van der Waals surface area contributed by atoms with Crippen molar-refractivity contribution in [2.45, 2.75) is 19.9 Å². The largest absolute Gasteiger partial charge is 0.309 e. The smallest absolute Gasteiger partial charge is 0.129 e. The SMILES string of the molecule is CNC(c1cc(C)c(F)c(C)c1)c1cc2sccc2s1. The first-order chi connectivity index (χ1) is 9.60. The fraction of sp³-hybridized carbons (Fsp3) is 0.250. The van der Waals surface area contributed by atoms with Crippen molar-refractivity contribution in [3.05, 3.63) is 57.0 Å². The molecule has 0 aliphatic carbocycles. The Morgan fingerprint density at radius 3 is 2.40 bits per heavy atom. The molecule has 0 aliphatic heterocycles. The van der Waals surface area contributed by atoms with E-state index in [-0.39, 0.29) is 11.9 Å². The zero-order chi connectivity index (χ0) is 14.3. The van der Waals surface area contributed by atoms with Crippen molar-refractivity contribution < 1.29 is 4.39 Å². The quantitative estimate of drug-likeness (QED) is 0.716. The van der Waals surface area contributed by atoms with Crippen molar-refractivity contribution >= 4 is 32.1 Å². The minimum absolute atomic E-state index is 0.101. The highest BCUT2D eigenvalue weighted by molar-refractivity contribution is 7.27. The van der Waals surface area contributed by atoms with Gasteiger partial charge in [-0.2, -0.15) is 0 Å². The molecule has 1 aromatic carbocycles. The predicted molar refractivity (Wildman–Crippen MR) is 86.5 cm³/mol. The molecule has 1 unspecified atom stereocenters. The van der Waals surface area contributed by atoms with Gasteiger partial charge < -0.3 is 5.32 Å². The Kier molecular flexibility index (Phi) is 3.63. The highest BCUT2D eigenvalue weighted by Gasteiger charge is 2.17. The molecule has 3 aromatic rings. The van der Waals surface area contributed by atoms with Crippen LogP contribution >= 0.6 is 22.7 Å². The molecule has 3 rings (SSSR count). The summed E-state index contributed by atoms with van der Waals surface area (Å²) in [6, 6.07) is 8.40. The maximum Gasteiger partial charge on any atom is 0.129 e. The van der Waals surface area contributed by atoms with Gasteiger partial charge in [-0.15, -0.1) is 22.7 Å². The van der Waals surface area contributed by atoms with E-state index in [1.807, 2.05) is 33.0 Å². The second-order valence-corrected chi connectivity index (χ2v) is 7.05. The lowest BCUT2D eigenvalue weighted by Crippen LogP contribution is -2.17. The summed E-state index contributed by atoms with van der Waals surface area (Å²) in [5.41, 5.74) is 2.54. The van der Waals surface area contributed by atoms with E-state index in [2.05, 4.69) is 22.8 Å². The predicted octanol–water partition coefficient (Wildman–Crippen LogP) is 5.03. The number of hydrogen-bond donors (Lipinski definition) is 1. The molecule has 2 heterocycles. The summed E-state index contributed by atoms with van der Waals surface area (Å²) in [5, 5.41) is 5.47. The fourth-order valence-electron chi connectivity index (χ4n) is 2.55. The van der Waals surface area contributed by atoms with Gasteiger partial charge in [-0.25, -0.2) is 4.39 Å². The van der Waals surface area contributed by atoms with E-state index >= 15 is 0 Å². The zero-order valence-electron chi connectivity index (χ0n) is 11.7. The van der Waals surface area contributed by atoms with Crippen molar-refractivity contribution in [2.75, 3.05) is 7.05 Å². The molecule has 0 spiro atoms. The molecule has 1 N–H and O–H groups in total. The Morgan fingerprint density at radius 1 is 1.10 bits per heavy atom. The number of hydrogen-bond acceptors (Lipinski definition) is 3. The van der Waals surface area contributed by atoms with Crippen LogP contribution in [0.25, 0.3) is 9.40 Å². The zero-order valence-corrected chi connectivity index (χ0v) is 13.3. The van der Waals surface area contributed by atoms with Crippen LogP contribution in [0.3, 0.4) is 0 Å². The monoisotopic (exact) mass is 305 g/mol. The van der Waals surface area contributed by atoms with Gasteiger partial charge in [0.25, 0.3) is 0 Å². The molecular weight excluding hydrogens is 289 g/mol. The summed E-state index contributed by atoms with van der Waals surface area (Å²) in [4.78, 5) is 1.28. The summed E-state index contributed by atoms with van der Waals surface area (Å²) in [6.45, 7) is 3.65. The third kappa shape index (κ3) is 2.28. The maximum atomic E-state index is 13.8. The van der Waals surface area contributed by atoms with E-state index in [0.29, 0.717) is 11.1 Å². The first-order valence-electron chi connectivity index (χ1n) is 6.51. The molecule has 0 fully saturated rings. The van der Waals surface area contributed by atoms with Crippen molar-refractivity contribution in [3.63, 3.8) is 0 Å². The van der Waals surface area contributed by atoms with Gasteiger partial charge in [-0.3, -0.25) is 0 Å². The lowest BCUT2D eigenvalue weighted by Gasteiger charge is -2.17. The summed E-state index contributed by atoms with van der Waals surface area (Å²) in [5.74, 6) is -0.101. The second-order valence-electron chi connectivity index (χ2n) is 4.99. The lowest BCUT2D eigenvalue weighted by molar-refractivity contribution is 0.605. The summed E-state index contributed by atoms with van der Waals surface area (Å²) in [6.07, 6.45) is 0. The second kappa shape index (κ2) is 5.28. The average molecular weight is 305 g/mol. The third-order valence-electron chi connectivity index (χ3n) is 3.52. The van der Waals surface area contributed by atoms with Crippen LogP contribution < -0.4 is 5.32 Å². The fourth-order valence-corrected chi connectivity index (χ4v) is 4.80. The van der Waals surface area contributed by atoms with Crippen LogP contribution in [0.1, 0.15) is 27.6 Å². The average Bonchev–Trinajstić information content (AvgIpc) is 2.98. The van der Waals surface area contributed by atoms with Gasteiger partial charge in [-0.1, -0.05) is 12.1 Å². The normalized spacial score (nSPS) is 13.0. The van der Waals surface area contributed by atoms with E-state index in [4.69, 9.17) is 0 Å². The van der Waals surface area contributed by atoms with Gasteiger partial charge in [0.15, 0.2) is 0 Å². The van der Waals surface area contributed by atoms with Gasteiger partial charge in [-0.05, 0) is 55.1 Å². The Hall–Kier alpha value is -1.23. The van der Waals surface area contributed by atoms with Crippen molar-refractivity contribution in [1.29, 1.82) is 0 Å². The van der Waals surface area contributed by atoms with E-state index in [0.717, 1.165) is 5.56 Å². The molecule has 2 aromatic heterocycles. The van der Waals surface area contributed by atoms with E-state index < -0.39 is 0 Å². The summed E-state index contributed by atoms with van der Waals surface area (Å²) < 4.78 is 16.4. The molecule has 0 saturated carbocycles. The Bertz CT molecular complexity index is 705. The van der Waals surface area contributed by atoms with Crippen LogP contribution in [-0.2, 0) is 0 Å². The molecule has 104 valence electrons. The molecule has 0 aliphatic rings. The number of aryl methyl sites for hydroxylation is 2. The molecule has 1 atom stereocenters. The number of fused-ring (bicyclic) bond motifs is 1. The molecule has 20 heavy (non-hydrogen) atoms. The molecule has 1 nitrogen and oxygen atoms in total. The van der Waals surface area contributed by atoms with Crippen LogP contribution in [0.4, 0.5) is 4.39 Å². The number of benzene rings is 1. The highest BCUT2D eigenvalue weighted by atomic mass is 32.1. The number of rotatable bonds is 3. The van der Waals surface area contributed by atoms with Crippen LogP contribution in [0.5, 0.6) is 0 Å². The molecule has 0 radical (unpaired) electrons. The van der Waals surface area contributed by atoms with Crippen molar-refractivity contribution in [1.82, 2.24) is 5.32 Å². The van der Waals surface area contributed by atoms with Crippen LogP contribution in [0, 0.1) is 19.7 Å². The molecule has 4 heteroatoms. The summed E-state index contributed by atoms with van der Waals surface area (Å²) >= 11 is 3.56. The van der Waals surface area contributed by atoms with Gasteiger partial charge in [0.2, 0.25) is 0 Å². The van der Waals surface area contributed by atoms with E-state index in [1.165, 1.54) is 14.3 Å². The van der Waals surface area contributed by atoms with E-state index in [9.17, 15) is 4.39 Å². The molecular formula is C16H16FNS2. The maximum absolute atomic E-state index is 13.8. The summed E-state index contributed by atoms with van der Waals surface area (Å²) in [7, 11) is 1.95. The number of halogens is 1. The molecule has 0 bridgehead atoms. The standard InChI is InChI=1S/C16H16FNS2/c1-9-6-11(7-10(2)15(9)17)16(18-3)14-8-13-12(20-14)4-5-19-13/h4-8,16,18H,1-3H3.